The highest BCUT2D eigenvalue weighted by Gasteiger charge is 2.24. The zero-order chi connectivity index (χ0) is 29.2. The van der Waals surface area contributed by atoms with Crippen molar-refractivity contribution in [1.82, 2.24) is 15.1 Å². The molecule has 1 atom stereocenters. The average molecular weight is 579 g/mol. The van der Waals surface area contributed by atoms with Crippen LogP contribution < -0.4 is 11.1 Å². The molecule has 0 unspecified atom stereocenters. The Balaban J connectivity index is 1.47. The molecule has 0 saturated carbocycles. The van der Waals surface area contributed by atoms with E-state index >= 15 is 0 Å². The summed E-state index contributed by atoms with van der Waals surface area (Å²) in [7, 11) is 0. The number of carbonyl (C=O) groups excluding carboxylic acids is 2. The van der Waals surface area contributed by atoms with Crippen LogP contribution in [0.4, 0.5) is 13.2 Å². The van der Waals surface area contributed by atoms with E-state index < -0.39 is 23.5 Å². The summed E-state index contributed by atoms with van der Waals surface area (Å²) in [5.74, 6) is -3.69. The van der Waals surface area contributed by atoms with Crippen LogP contribution in [0.2, 0.25) is 0 Å². The second-order valence-electron chi connectivity index (χ2n) is 9.21. The zero-order valence-corrected chi connectivity index (χ0v) is 22.8. The first kappa shape index (κ1) is 33.9. The van der Waals surface area contributed by atoms with E-state index in [1.165, 1.54) is 0 Å². The van der Waals surface area contributed by atoms with Crippen molar-refractivity contribution in [2.45, 2.75) is 18.9 Å². The molecule has 14 heteroatoms. The number of piperazine rings is 1. The Morgan fingerprint density at radius 3 is 2.00 bits per heavy atom. The van der Waals surface area contributed by atoms with Crippen LogP contribution in [0.15, 0.2) is 12.1 Å². The van der Waals surface area contributed by atoms with E-state index in [0.717, 1.165) is 6.07 Å². The monoisotopic (exact) mass is 578 g/mol. The minimum Gasteiger partial charge on any atom is -0.394 e. The van der Waals surface area contributed by atoms with E-state index in [9.17, 15) is 22.8 Å². The molecule has 1 aromatic carbocycles. The van der Waals surface area contributed by atoms with Crippen LogP contribution in [0.5, 0.6) is 0 Å². The van der Waals surface area contributed by atoms with E-state index in [2.05, 4.69) is 5.32 Å². The van der Waals surface area contributed by atoms with Gasteiger partial charge in [0.1, 0.15) is 5.82 Å². The maximum Gasteiger partial charge on any atom is 0.234 e. The lowest BCUT2D eigenvalue weighted by Gasteiger charge is -2.34. The molecule has 1 aliphatic heterocycles. The third-order valence-corrected chi connectivity index (χ3v) is 6.02. The molecule has 1 aliphatic rings. The number of benzene rings is 1. The number of aliphatic hydroxyl groups excluding tert-OH is 1. The Bertz CT molecular complexity index is 892. The summed E-state index contributed by atoms with van der Waals surface area (Å²) in [6.45, 7) is 5.62. The number of amides is 2. The van der Waals surface area contributed by atoms with Crippen LogP contribution in [-0.4, -0.2) is 131 Å². The number of halogens is 3. The number of nitrogens with two attached hydrogens (primary N) is 1. The Labute approximate surface area is 232 Å². The van der Waals surface area contributed by atoms with E-state index in [1.807, 2.05) is 4.90 Å². The SMILES string of the molecule is N[C@@H](CC(=O)N1CCN(CC(=O)NCCOCCOCCOCCOCCO)CC1)Cc1cc(F)c(F)cc1F. The van der Waals surface area contributed by atoms with Crippen LogP contribution in [0.3, 0.4) is 0 Å². The van der Waals surface area contributed by atoms with Crippen LogP contribution in [0.25, 0.3) is 0 Å². The lowest BCUT2D eigenvalue weighted by Crippen LogP contribution is -2.52. The Hall–Kier alpha value is -2.33. The van der Waals surface area contributed by atoms with Gasteiger partial charge in [-0.15, -0.1) is 0 Å². The van der Waals surface area contributed by atoms with Gasteiger partial charge in [-0.2, -0.15) is 0 Å². The number of ether oxygens (including phenoxy) is 4. The van der Waals surface area contributed by atoms with E-state index in [0.29, 0.717) is 91.6 Å². The lowest BCUT2D eigenvalue weighted by molar-refractivity contribution is -0.133. The molecule has 2 rings (SSSR count). The molecular weight excluding hydrogens is 537 g/mol. The zero-order valence-electron chi connectivity index (χ0n) is 22.8. The van der Waals surface area contributed by atoms with Gasteiger partial charge in [-0.1, -0.05) is 0 Å². The normalized spacial score (nSPS) is 14.9. The van der Waals surface area contributed by atoms with Crippen molar-refractivity contribution in [3.8, 4) is 0 Å². The molecule has 40 heavy (non-hydrogen) atoms. The van der Waals surface area contributed by atoms with Crippen LogP contribution in [0.1, 0.15) is 12.0 Å². The molecular formula is C26H41F3N4O7. The van der Waals surface area contributed by atoms with Gasteiger partial charge in [-0.3, -0.25) is 14.5 Å². The van der Waals surface area contributed by atoms with Crippen molar-refractivity contribution in [2.75, 3.05) is 98.7 Å². The molecule has 0 spiro atoms. The predicted octanol–water partition coefficient (Wildman–Crippen LogP) is -0.317. The number of hydrogen-bond donors (Lipinski definition) is 3. The molecule has 4 N–H and O–H groups in total. The van der Waals surface area contributed by atoms with Crippen molar-refractivity contribution in [1.29, 1.82) is 0 Å². The number of nitrogens with zero attached hydrogens (tertiary/aromatic N) is 2. The first-order valence-corrected chi connectivity index (χ1v) is 13.4. The number of nitrogens with one attached hydrogen (secondary N) is 1. The molecule has 11 nitrogen and oxygen atoms in total. The van der Waals surface area contributed by atoms with Crippen molar-refractivity contribution >= 4 is 11.8 Å². The topological polar surface area (TPSA) is 136 Å². The fraction of sp³-hybridized carbons (Fsp3) is 0.692. The van der Waals surface area contributed by atoms with Gasteiger partial charge in [-0.25, -0.2) is 13.2 Å². The summed E-state index contributed by atoms with van der Waals surface area (Å²) in [6.07, 6.45) is -0.149. The van der Waals surface area contributed by atoms with Crippen molar-refractivity contribution in [3.63, 3.8) is 0 Å². The molecule has 1 fully saturated rings. The van der Waals surface area contributed by atoms with Gasteiger partial charge >= 0.3 is 0 Å². The van der Waals surface area contributed by atoms with Gasteiger partial charge in [0.25, 0.3) is 0 Å². The summed E-state index contributed by atoms with van der Waals surface area (Å²) >= 11 is 0. The summed E-state index contributed by atoms with van der Waals surface area (Å²) in [5.41, 5.74) is 5.89. The molecule has 1 aromatic rings. The first-order chi connectivity index (χ1) is 19.3. The van der Waals surface area contributed by atoms with Crippen LogP contribution >= 0.6 is 0 Å². The molecule has 1 saturated heterocycles. The second-order valence-corrected chi connectivity index (χ2v) is 9.21. The predicted molar refractivity (Wildman–Crippen MR) is 139 cm³/mol. The molecule has 0 aliphatic carbocycles. The summed E-state index contributed by atoms with van der Waals surface area (Å²) in [4.78, 5) is 28.3. The fourth-order valence-corrected chi connectivity index (χ4v) is 3.93. The van der Waals surface area contributed by atoms with E-state index in [-0.39, 0.29) is 43.4 Å². The highest BCUT2D eigenvalue weighted by Crippen LogP contribution is 2.16. The molecule has 1 heterocycles. The smallest absolute Gasteiger partial charge is 0.234 e. The fourth-order valence-electron chi connectivity index (χ4n) is 3.93. The summed E-state index contributed by atoms with van der Waals surface area (Å²) in [6, 6.07) is 0.491. The van der Waals surface area contributed by atoms with Gasteiger partial charge in [0.05, 0.1) is 66.0 Å². The summed E-state index contributed by atoms with van der Waals surface area (Å²) < 4.78 is 61.5. The Kier molecular flexibility index (Phi) is 16.7. The molecule has 228 valence electrons. The largest absolute Gasteiger partial charge is 0.394 e. The Morgan fingerprint density at radius 2 is 1.40 bits per heavy atom. The second kappa shape index (κ2) is 19.7. The third-order valence-electron chi connectivity index (χ3n) is 6.02. The van der Waals surface area contributed by atoms with Crippen molar-refractivity contribution in [3.05, 3.63) is 35.1 Å². The molecule has 0 bridgehead atoms. The van der Waals surface area contributed by atoms with Crippen molar-refractivity contribution in [2.24, 2.45) is 5.73 Å². The lowest BCUT2D eigenvalue weighted by atomic mass is 10.0. The molecule has 0 aromatic heterocycles. The molecule has 2 amide bonds. The minimum atomic E-state index is -1.27. The summed E-state index contributed by atoms with van der Waals surface area (Å²) in [5, 5.41) is 11.4. The average Bonchev–Trinajstić information content (AvgIpc) is 2.92. The molecule has 0 radical (unpaired) electrons. The van der Waals surface area contributed by atoms with Crippen molar-refractivity contribution < 1.29 is 46.8 Å². The van der Waals surface area contributed by atoms with Crippen LogP contribution in [-0.2, 0) is 35.0 Å². The van der Waals surface area contributed by atoms with Crippen LogP contribution in [0, 0.1) is 17.5 Å². The van der Waals surface area contributed by atoms with Gasteiger partial charge < -0.3 is 40.0 Å². The first-order valence-electron chi connectivity index (χ1n) is 13.4. The third kappa shape index (κ3) is 13.8. The standard InChI is InChI=1S/C26H41F3N4O7/c27-22-18-24(29)23(28)16-20(22)15-21(30)17-26(36)33-4-2-32(3-5-33)19-25(35)31-1-7-37-9-11-39-13-14-40-12-10-38-8-6-34/h16,18,21,34H,1-15,17,19,30H2,(H,31,35)/t21-/m1/s1. The van der Waals surface area contributed by atoms with E-state index in [1.54, 1.807) is 4.90 Å². The number of hydrogen-bond acceptors (Lipinski definition) is 9. The van der Waals surface area contributed by atoms with Gasteiger partial charge in [-0.05, 0) is 18.1 Å². The number of rotatable bonds is 20. The highest BCUT2D eigenvalue weighted by molar-refractivity contribution is 5.78. The maximum absolute atomic E-state index is 13.8. The van der Waals surface area contributed by atoms with Gasteiger partial charge in [0, 0.05) is 51.3 Å². The number of aliphatic hydroxyl groups is 1. The highest BCUT2D eigenvalue weighted by atomic mass is 19.2. The van der Waals surface area contributed by atoms with Gasteiger partial charge in [0.2, 0.25) is 11.8 Å². The quantitative estimate of drug-likeness (QED) is 0.141. The minimum absolute atomic E-state index is 0.00807. The van der Waals surface area contributed by atoms with E-state index in [4.69, 9.17) is 29.8 Å². The Morgan fingerprint density at radius 1 is 0.850 bits per heavy atom. The number of carbonyl (C=O) groups is 2. The van der Waals surface area contributed by atoms with Gasteiger partial charge in [0.15, 0.2) is 11.6 Å². The maximum atomic E-state index is 13.8.